The zero-order chi connectivity index (χ0) is 19.4. The molecule has 0 spiro atoms. The highest BCUT2D eigenvalue weighted by atomic mass is 32.2. The number of aryl methyl sites for hydroxylation is 1. The van der Waals surface area contributed by atoms with E-state index in [-0.39, 0.29) is 17.1 Å². The van der Waals surface area contributed by atoms with Crippen LogP contribution in [-0.4, -0.2) is 28.2 Å². The molecular formula is C20H20N2O3S2. The van der Waals surface area contributed by atoms with Gasteiger partial charge in [-0.3, -0.25) is 14.2 Å². The number of ether oxygens (including phenoxy) is 1. The quantitative estimate of drug-likeness (QED) is 0.246. The Hall–Kier alpha value is -2.38. The maximum absolute atomic E-state index is 12.8. The molecule has 5 nitrogen and oxygen atoms in total. The van der Waals surface area contributed by atoms with Gasteiger partial charge in [-0.05, 0) is 24.6 Å². The fraction of sp³-hybridized carbons (Fsp3) is 0.250. The summed E-state index contributed by atoms with van der Waals surface area (Å²) in [5, 5.41) is 1.15. The van der Waals surface area contributed by atoms with E-state index in [1.165, 1.54) is 23.1 Å². The van der Waals surface area contributed by atoms with Crippen molar-refractivity contribution in [3.63, 3.8) is 0 Å². The number of allylic oxidation sites excluding steroid dienone is 1. The van der Waals surface area contributed by atoms with Gasteiger partial charge in [0, 0.05) is 11.4 Å². The van der Waals surface area contributed by atoms with Crippen LogP contribution in [0.15, 0.2) is 52.9 Å². The van der Waals surface area contributed by atoms with Gasteiger partial charge in [0.05, 0.1) is 23.8 Å². The highest BCUT2D eigenvalue weighted by molar-refractivity contribution is 7.99. The first-order valence-corrected chi connectivity index (χ1v) is 10.3. The number of rotatable bonds is 8. The van der Waals surface area contributed by atoms with Crippen LogP contribution in [0.3, 0.4) is 0 Å². The number of methoxy groups -OCH3 is 1. The van der Waals surface area contributed by atoms with Gasteiger partial charge in [0.1, 0.15) is 10.6 Å². The summed E-state index contributed by atoms with van der Waals surface area (Å²) in [7, 11) is 1.54. The van der Waals surface area contributed by atoms with Crippen LogP contribution in [0.5, 0.6) is 5.75 Å². The SMILES string of the molecule is C=CCn1c(SCC(=O)c2ccccc2OC)nc2sc(CC)cc2c1=O. The van der Waals surface area contributed by atoms with Crippen LogP contribution in [0.1, 0.15) is 22.2 Å². The molecule has 140 valence electrons. The van der Waals surface area contributed by atoms with Gasteiger partial charge in [-0.25, -0.2) is 4.98 Å². The van der Waals surface area contributed by atoms with Crippen LogP contribution in [0.25, 0.3) is 10.2 Å². The monoisotopic (exact) mass is 400 g/mol. The minimum absolute atomic E-state index is 0.0719. The average molecular weight is 401 g/mol. The minimum Gasteiger partial charge on any atom is -0.496 e. The second-order valence-electron chi connectivity index (χ2n) is 5.80. The topological polar surface area (TPSA) is 61.2 Å². The normalized spacial score (nSPS) is 10.9. The zero-order valence-electron chi connectivity index (χ0n) is 15.2. The third-order valence-electron chi connectivity index (χ3n) is 4.07. The highest BCUT2D eigenvalue weighted by Gasteiger charge is 2.17. The van der Waals surface area contributed by atoms with Crippen LogP contribution in [0, 0.1) is 0 Å². The van der Waals surface area contributed by atoms with E-state index in [1.54, 1.807) is 36.0 Å². The largest absolute Gasteiger partial charge is 0.496 e. The molecule has 0 aliphatic carbocycles. The van der Waals surface area contributed by atoms with E-state index in [9.17, 15) is 9.59 Å². The molecule has 3 rings (SSSR count). The Balaban J connectivity index is 1.93. The number of ketones is 1. The smallest absolute Gasteiger partial charge is 0.263 e. The predicted octanol–water partition coefficient (Wildman–Crippen LogP) is 4.19. The van der Waals surface area contributed by atoms with Gasteiger partial charge in [-0.2, -0.15) is 0 Å². The first kappa shape index (κ1) is 19.4. The van der Waals surface area contributed by atoms with Crippen molar-refractivity contribution in [2.24, 2.45) is 0 Å². The van der Waals surface area contributed by atoms with Gasteiger partial charge < -0.3 is 4.74 Å². The summed E-state index contributed by atoms with van der Waals surface area (Å²) in [6.45, 7) is 6.13. The van der Waals surface area contributed by atoms with E-state index in [4.69, 9.17) is 4.74 Å². The molecule has 0 aliphatic heterocycles. The Labute approximate surface area is 165 Å². The number of benzene rings is 1. The number of thioether (sulfide) groups is 1. The number of thiophene rings is 1. The van der Waals surface area contributed by atoms with Crippen molar-refractivity contribution < 1.29 is 9.53 Å². The molecule has 3 aromatic rings. The summed E-state index contributed by atoms with van der Waals surface area (Å²) in [5.74, 6) is 0.639. The lowest BCUT2D eigenvalue weighted by atomic mass is 10.1. The molecule has 0 saturated heterocycles. The fourth-order valence-electron chi connectivity index (χ4n) is 2.70. The van der Waals surface area contributed by atoms with E-state index >= 15 is 0 Å². The molecule has 1 aromatic carbocycles. The molecular weight excluding hydrogens is 380 g/mol. The van der Waals surface area contributed by atoms with Crippen LogP contribution < -0.4 is 10.3 Å². The molecule has 7 heteroatoms. The van der Waals surface area contributed by atoms with E-state index in [2.05, 4.69) is 18.5 Å². The van der Waals surface area contributed by atoms with Crippen molar-refractivity contribution in [1.29, 1.82) is 0 Å². The summed E-state index contributed by atoms with van der Waals surface area (Å²) >= 11 is 2.78. The van der Waals surface area contributed by atoms with Crippen LogP contribution >= 0.6 is 23.1 Å². The number of nitrogens with zero attached hydrogens (tertiary/aromatic N) is 2. The number of hydrogen-bond donors (Lipinski definition) is 0. The predicted molar refractivity (Wildman–Crippen MR) is 112 cm³/mol. The molecule has 2 heterocycles. The molecule has 27 heavy (non-hydrogen) atoms. The summed E-state index contributed by atoms with van der Waals surface area (Å²) in [4.78, 5) is 32.0. The standard InChI is InChI=1S/C20H20N2O3S2/c1-4-10-22-19(24)15-11-13(5-2)27-18(15)21-20(22)26-12-16(23)14-8-6-7-9-17(14)25-3/h4,6-9,11H,1,5,10,12H2,2-3H3. The van der Waals surface area contributed by atoms with Crippen LogP contribution in [0.4, 0.5) is 0 Å². The van der Waals surface area contributed by atoms with Gasteiger partial charge >= 0.3 is 0 Å². The number of carbonyl (C=O) groups is 1. The first-order chi connectivity index (χ1) is 13.1. The summed E-state index contributed by atoms with van der Waals surface area (Å²) in [6, 6.07) is 9.03. The maximum Gasteiger partial charge on any atom is 0.263 e. The van der Waals surface area contributed by atoms with Crippen molar-refractivity contribution in [2.45, 2.75) is 25.0 Å². The number of aromatic nitrogens is 2. The molecule has 0 unspecified atom stereocenters. The highest BCUT2D eigenvalue weighted by Crippen LogP contribution is 2.26. The van der Waals surface area contributed by atoms with Gasteiger partial charge in [0.2, 0.25) is 0 Å². The number of para-hydroxylation sites is 1. The molecule has 0 atom stereocenters. The van der Waals surface area contributed by atoms with Gasteiger partial charge in [0.15, 0.2) is 10.9 Å². The maximum atomic E-state index is 12.8. The Bertz CT molecular complexity index is 1050. The van der Waals surface area contributed by atoms with E-state index in [1.807, 2.05) is 12.1 Å². The molecule has 2 aromatic heterocycles. The molecule has 0 radical (unpaired) electrons. The average Bonchev–Trinajstić information content (AvgIpc) is 3.12. The minimum atomic E-state index is -0.0944. The van der Waals surface area contributed by atoms with Crippen molar-refractivity contribution in [1.82, 2.24) is 9.55 Å². The Kier molecular flexibility index (Phi) is 6.13. The molecule has 0 N–H and O–H groups in total. The summed E-state index contributed by atoms with van der Waals surface area (Å²) < 4.78 is 6.83. The molecule has 0 saturated carbocycles. The number of Topliss-reactive ketones (excluding diaryl/α,β-unsaturated/α-hetero) is 1. The third kappa shape index (κ3) is 3.99. The fourth-order valence-corrected chi connectivity index (χ4v) is 4.60. The Morgan fingerprint density at radius 3 is 2.89 bits per heavy atom. The number of carbonyl (C=O) groups excluding carboxylic acids is 1. The molecule has 0 aliphatic rings. The zero-order valence-corrected chi connectivity index (χ0v) is 16.9. The Morgan fingerprint density at radius 1 is 1.41 bits per heavy atom. The van der Waals surface area contributed by atoms with Gasteiger partial charge in [-0.1, -0.05) is 36.9 Å². The molecule has 0 fully saturated rings. The lowest BCUT2D eigenvalue weighted by molar-refractivity contribution is 0.101. The third-order valence-corrected chi connectivity index (χ3v) is 6.22. The second kappa shape index (κ2) is 8.54. The molecule has 0 bridgehead atoms. The van der Waals surface area contributed by atoms with Crippen LogP contribution in [-0.2, 0) is 13.0 Å². The van der Waals surface area contributed by atoms with Crippen molar-refractivity contribution >= 4 is 39.1 Å². The van der Waals surface area contributed by atoms with Gasteiger partial charge in [-0.15, -0.1) is 17.9 Å². The van der Waals surface area contributed by atoms with E-state index in [0.717, 1.165) is 11.3 Å². The summed E-state index contributed by atoms with van der Waals surface area (Å²) in [5.41, 5.74) is 0.429. The van der Waals surface area contributed by atoms with E-state index in [0.29, 0.717) is 33.2 Å². The van der Waals surface area contributed by atoms with Crippen molar-refractivity contribution in [3.8, 4) is 5.75 Å². The summed E-state index contributed by atoms with van der Waals surface area (Å²) in [6.07, 6.45) is 2.52. The number of hydrogen-bond acceptors (Lipinski definition) is 6. The molecule has 0 amide bonds. The van der Waals surface area contributed by atoms with Crippen molar-refractivity contribution in [2.75, 3.05) is 12.9 Å². The Morgan fingerprint density at radius 2 is 2.19 bits per heavy atom. The lowest BCUT2D eigenvalue weighted by Gasteiger charge is -2.10. The first-order valence-electron chi connectivity index (χ1n) is 8.52. The lowest BCUT2D eigenvalue weighted by Crippen LogP contribution is -2.22. The van der Waals surface area contributed by atoms with E-state index < -0.39 is 0 Å². The van der Waals surface area contributed by atoms with Crippen LogP contribution in [0.2, 0.25) is 0 Å². The second-order valence-corrected chi connectivity index (χ2v) is 7.85. The van der Waals surface area contributed by atoms with Gasteiger partial charge in [0.25, 0.3) is 5.56 Å². The van der Waals surface area contributed by atoms with Crippen molar-refractivity contribution in [3.05, 3.63) is 63.8 Å². The number of fused-ring (bicyclic) bond motifs is 1.